The number of hydrogen-bond donors (Lipinski definition) is 0. The van der Waals surface area contributed by atoms with E-state index >= 15 is 0 Å². The van der Waals surface area contributed by atoms with Gasteiger partial charge >= 0.3 is 0 Å². The van der Waals surface area contributed by atoms with Gasteiger partial charge in [0.25, 0.3) is 0 Å². The lowest BCUT2D eigenvalue weighted by Crippen LogP contribution is -2.13. The number of benzene rings is 2. The van der Waals surface area contributed by atoms with E-state index in [9.17, 15) is 0 Å². The first-order valence-corrected chi connectivity index (χ1v) is 10.8. The summed E-state index contributed by atoms with van der Waals surface area (Å²) in [5.74, 6) is 2.27. The predicted octanol–water partition coefficient (Wildman–Crippen LogP) is 4.99. The van der Waals surface area contributed by atoms with Crippen molar-refractivity contribution < 1.29 is 14.2 Å². The first kappa shape index (κ1) is 22.4. The molecule has 162 valence electrons. The third kappa shape index (κ3) is 5.64. The zero-order valence-corrected chi connectivity index (χ0v) is 19.1. The Hall–Kier alpha value is -3.32. The molecule has 0 bridgehead atoms. The third-order valence-corrected chi connectivity index (χ3v) is 5.22. The molecule has 0 unspecified atom stereocenters. The van der Waals surface area contributed by atoms with Crippen LogP contribution < -0.4 is 19.0 Å². The van der Waals surface area contributed by atoms with Gasteiger partial charge in [-0.25, -0.2) is 4.68 Å². The molecule has 0 saturated carbocycles. The molecule has 0 radical (unpaired) electrons. The number of thiazole rings is 1. The molecule has 0 aliphatic carbocycles. The Morgan fingerprint density at radius 1 is 1.10 bits per heavy atom. The Bertz CT molecular complexity index is 1130. The third-order valence-electron chi connectivity index (χ3n) is 4.37. The highest BCUT2D eigenvalue weighted by Gasteiger charge is 2.13. The van der Waals surface area contributed by atoms with Gasteiger partial charge in [-0.15, -0.1) is 11.3 Å². The van der Waals surface area contributed by atoms with Gasteiger partial charge < -0.3 is 14.2 Å². The standard InChI is InChI=1S/C24H27N3O3S/c1-6-30-19-9-7-18(8-10-19)15-26-27-22(16-31-24(27)25-14-17(2)3)21-12-11-20(28-4)13-23(21)29-5/h7-13,15-16H,2,6,14H2,1,3-5H3. The van der Waals surface area contributed by atoms with Gasteiger partial charge in [-0.2, -0.15) is 5.10 Å². The Labute approximate surface area is 186 Å². The molecule has 0 fully saturated rings. The van der Waals surface area contributed by atoms with E-state index in [1.807, 2.05) is 72.6 Å². The zero-order valence-electron chi connectivity index (χ0n) is 18.3. The molecule has 0 aliphatic heterocycles. The fourth-order valence-corrected chi connectivity index (χ4v) is 3.69. The summed E-state index contributed by atoms with van der Waals surface area (Å²) in [4.78, 5) is 5.45. The van der Waals surface area contributed by atoms with Crippen LogP contribution in [0.4, 0.5) is 0 Å². The summed E-state index contributed by atoms with van der Waals surface area (Å²) >= 11 is 1.52. The van der Waals surface area contributed by atoms with Crippen LogP contribution in [0, 0.1) is 0 Å². The first-order valence-electron chi connectivity index (χ1n) is 9.90. The molecule has 0 N–H and O–H groups in total. The monoisotopic (exact) mass is 437 g/mol. The van der Waals surface area contributed by atoms with Gasteiger partial charge in [0.2, 0.25) is 4.80 Å². The average molecular weight is 438 g/mol. The van der Waals surface area contributed by atoms with E-state index in [-0.39, 0.29) is 0 Å². The lowest BCUT2D eigenvalue weighted by molar-refractivity contribution is 0.340. The van der Waals surface area contributed by atoms with Crippen LogP contribution >= 0.6 is 11.3 Å². The van der Waals surface area contributed by atoms with Crippen LogP contribution in [0.25, 0.3) is 11.3 Å². The minimum absolute atomic E-state index is 0.540. The summed E-state index contributed by atoms with van der Waals surface area (Å²) in [6.07, 6.45) is 1.81. The maximum absolute atomic E-state index is 5.60. The van der Waals surface area contributed by atoms with Gasteiger partial charge in [0.1, 0.15) is 17.2 Å². The predicted molar refractivity (Wildman–Crippen MR) is 127 cm³/mol. The van der Waals surface area contributed by atoms with Crippen molar-refractivity contribution in [2.75, 3.05) is 27.4 Å². The molecule has 0 amide bonds. The molecule has 0 atom stereocenters. The van der Waals surface area contributed by atoms with E-state index in [4.69, 9.17) is 19.3 Å². The van der Waals surface area contributed by atoms with Crippen LogP contribution in [0.15, 0.2) is 70.1 Å². The Morgan fingerprint density at radius 3 is 2.48 bits per heavy atom. The molecule has 2 aromatic carbocycles. The van der Waals surface area contributed by atoms with Crippen molar-refractivity contribution in [1.29, 1.82) is 0 Å². The number of rotatable bonds is 9. The Balaban J connectivity index is 2.05. The normalized spacial score (nSPS) is 11.7. The molecule has 7 heteroatoms. The fourth-order valence-electron chi connectivity index (χ4n) is 2.86. The van der Waals surface area contributed by atoms with Gasteiger partial charge in [-0.05, 0) is 55.8 Å². The van der Waals surface area contributed by atoms with Crippen molar-refractivity contribution >= 4 is 17.6 Å². The largest absolute Gasteiger partial charge is 0.497 e. The minimum Gasteiger partial charge on any atom is -0.497 e. The number of methoxy groups -OCH3 is 2. The average Bonchev–Trinajstić information content (AvgIpc) is 3.19. The topological polar surface area (TPSA) is 57.3 Å². The van der Waals surface area contributed by atoms with Crippen LogP contribution in [0.2, 0.25) is 0 Å². The van der Waals surface area contributed by atoms with Crippen molar-refractivity contribution in [3.8, 4) is 28.5 Å². The van der Waals surface area contributed by atoms with Gasteiger partial charge in [0.15, 0.2) is 0 Å². The van der Waals surface area contributed by atoms with Crippen LogP contribution in [-0.2, 0) is 0 Å². The van der Waals surface area contributed by atoms with Crippen molar-refractivity contribution in [2.24, 2.45) is 10.1 Å². The lowest BCUT2D eigenvalue weighted by Gasteiger charge is -2.11. The van der Waals surface area contributed by atoms with E-state index in [0.29, 0.717) is 18.9 Å². The van der Waals surface area contributed by atoms with Crippen LogP contribution in [0.3, 0.4) is 0 Å². The Morgan fingerprint density at radius 2 is 1.84 bits per heavy atom. The van der Waals surface area contributed by atoms with Crippen molar-refractivity contribution in [2.45, 2.75) is 13.8 Å². The molecule has 3 rings (SSSR count). The number of hydrogen-bond acceptors (Lipinski definition) is 6. The van der Waals surface area contributed by atoms with Crippen molar-refractivity contribution in [1.82, 2.24) is 4.68 Å². The van der Waals surface area contributed by atoms with E-state index < -0.39 is 0 Å². The number of aromatic nitrogens is 1. The summed E-state index contributed by atoms with van der Waals surface area (Å²) in [7, 11) is 3.28. The molecule has 1 heterocycles. The summed E-state index contributed by atoms with van der Waals surface area (Å²) in [6.45, 7) is 9.05. The van der Waals surface area contributed by atoms with Crippen LogP contribution in [-0.4, -0.2) is 38.3 Å². The second-order valence-corrected chi connectivity index (χ2v) is 7.64. The van der Waals surface area contributed by atoms with Gasteiger partial charge in [0, 0.05) is 17.0 Å². The first-order chi connectivity index (χ1) is 15.0. The smallest absolute Gasteiger partial charge is 0.206 e. The second-order valence-electron chi connectivity index (χ2n) is 6.80. The maximum Gasteiger partial charge on any atom is 0.206 e. The molecule has 3 aromatic rings. The van der Waals surface area contributed by atoms with Gasteiger partial charge in [-0.3, -0.25) is 4.99 Å². The van der Waals surface area contributed by atoms with Crippen molar-refractivity contribution in [3.63, 3.8) is 0 Å². The SMILES string of the molecule is C=C(C)CN=c1scc(-c2ccc(OC)cc2OC)n1N=Cc1ccc(OCC)cc1. The highest BCUT2D eigenvalue weighted by molar-refractivity contribution is 7.07. The van der Waals surface area contributed by atoms with E-state index in [0.717, 1.165) is 38.7 Å². The van der Waals surface area contributed by atoms with E-state index in [2.05, 4.69) is 11.6 Å². The van der Waals surface area contributed by atoms with Crippen molar-refractivity contribution in [3.05, 3.63) is 70.4 Å². The second kappa shape index (κ2) is 10.6. The van der Waals surface area contributed by atoms with Crippen LogP contribution in [0.1, 0.15) is 19.4 Å². The summed E-state index contributed by atoms with van der Waals surface area (Å²) in [5.41, 5.74) is 3.73. The maximum atomic E-state index is 5.60. The Kier molecular flexibility index (Phi) is 7.67. The van der Waals surface area contributed by atoms with E-state index in [1.165, 1.54) is 11.3 Å². The van der Waals surface area contributed by atoms with E-state index in [1.54, 1.807) is 14.2 Å². The summed E-state index contributed by atoms with van der Waals surface area (Å²) in [6, 6.07) is 13.5. The van der Waals surface area contributed by atoms with Crippen LogP contribution in [0.5, 0.6) is 17.2 Å². The van der Waals surface area contributed by atoms with Gasteiger partial charge in [0.05, 0.1) is 39.3 Å². The molecule has 31 heavy (non-hydrogen) atoms. The number of nitrogens with zero attached hydrogens (tertiary/aromatic N) is 3. The zero-order chi connectivity index (χ0) is 22.2. The molecule has 0 saturated heterocycles. The highest BCUT2D eigenvalue weighted by atomic mass is 32.1. The fraction of sp³-hybridized carbons (Fsp3) is 0.250. The lowest BCUT2D eigenvalue weighted by atomic mass is 10.1. The molecule has 6 nitrogen and oxygen atoms in total. The number of ether oxygens (including phenoxy) is 3. The highest BCUT2D eigenvalue weighted by Crippen LogP contribution is 2.33. The molecular weight excluding hydrogens is 410 g/mol. The quantitative estimate of drug-likeness (QED) is 0.350. The summed E-state index contributed by atoms with van der Waals surface area (Å²) in [5, 5.41) is 6.76. The molecule has 0 spiro atoms. The molecule has 0 aliphatic rings. The van der Waals surface area contributed by atoms with Gasteiger partial charge in [-0.1, -0.05) is 12.2 Å². The summed E-state index contributed by atoms with van der Waals surface area (Å²) < 4.78 is 18.3. The molecular formula is C24H27N3O3S. The minimum atomic E-state index is 0.540. The molecule has 1 aromatic heterocycles.